The van der Waals surface area contributed by atoms with Gasteiger partial charge in [0.05, 0.1) is 18.8 Å². The molecule has 2 aromatic rings. The smallest absolute Gasteiger partial charge is 0.235 e. The number of benzene rings is 2. The van der Waals surface area contributed by atoms with Crippen LogP contribution in [0.15, 0.2) is 54.6 Å². The first-order valence-corrected chi connectivity index (χ1v) is 10.6. The average Bonchev–Trinajstić information content (AvgIpc) is 2.61. The van der Waals surface area contributed by atoms with Gasteiger partial charge in [0.2, 0.25) is 15.9 Å². The zero-order valence-electron chi connectivity index (χ0n) is 14.9. The van der Waals surface area contributed by atoms with Crippen LogP contribution in [0.25, 0.3) is 0 Å². The summed E-state index contributed by atoms with van der Waals surface area (Å²) in [5.41, 5.74) is 3.25. The van der Waals surface area contributed by atoms with E-state index in [2.05, 4.69) is 11.4 Å². The molecule has 3 rings (SSSR count). The summed E-state index contributed by atoms with van der Waals surface area (Å²) in [5, 5.41) is 3.02. The van der Waals surface area contributed by atoms with Crippen LogP contribution in [0.5, 0.6) is 0 Å². The number of nitrogens with one attached hydrogen (secondary N) is 1. The van der Waals surface area contributed by atoms with Crippen molar-refractivity contribution < 1.29 is 13.2 Å². The zero-order valence-corrected chi connectivity index (χ0v) is 15.7. The first-order chi connectivity index (χ1) is 12.4. The summed E-state index contributed by atoms with van der Waals surface area (Å²) in [6, 6.07) is 17.4. The zero-order chi connectivity index (χ0) is 18.6. The van der Waals surface area contributed by atoms with Crippen LogP contribution >= 0.6 is 0 Å². The second-order valence-electron chi connectivity index (χ2n) is 6.73. The van der Waals surface area contributed by atoms with Crippen molar-refractivity contribution in [3.05, 3.63) is 71.3 Å². The molecule has 1 aliphatic rings. The van der Waals surface area contributed by atoms with Crippen molar-refractivity contribution in [3.8, 4) is 0 Å². The SMILES string of the molecule is CS(=O)(=O)N(CC(=O)N[C@@H]1CCCc2ccccc21)Cc1ccccc1. The van der Waals surface area contributed by atoms with Crippen molar-refractivity contribution in [2.45, 2.75) is 31.8 Å². The molecule has 0 saturated heterocycles. The van der Waals surface area contributed by atoms with Crippen LogP contribution in [0.1, 0.15) is 35.6 Å². The van der Waals surface area contributed by atoms with Crippen LogP contribution in [0.3, 0.4) is 0 Å². The molecule has 138 valence electrons. The molecular weight excluding hydrogens is 348 g/mol. The van der Waals surface area contributed by atoms with Gasteiger partial charge in [0, 0.05) is 6.54 Å². The summed E-state index contributed by atoms with van der Waals surface area (Å²) in [6.45, 7) is 0.0146. The third-order valence-corrected chi connectivity index (χ3v) is 5.89. The minimum absolute atomic E-state index is 0.0504. The Hall–Kier alpha value is -2.18. The van der Waals surface area contributed by atoms with E-state index in [9.17, 15) is 13.2 Å². The number of sulfonamides is 1. The number of hydrogen-bond acceptors (Lipinski definition) is 3. The predicted octanol–water partition coefficient (Wildman–Crippen LogP) is 2.64. The van der Waals surface area contributed by atoms with E-state index in [0.29, 0.717) is 0 Å². The quantitative estimate of drug-likeness (QED) is 0.848. The lowest BCUT2D eigenvalue weighted by atomic mass is 9.88. The highest BCUT2D eigenvalue weighted by Gasteiger charge is 2.25. The summed E-state index contributed by atoms with van der Waals surface area (Å²) in [7, 11) is -3.49. The summed E-state index contributed by atoms with van der Waals surface area (Å²) in [6.07, 6.45) is 4.05. The third kappa shape index (κ3) is 4.71. The van der Waals surface area contributed by atoms with Crippen LogP contribution < -0.4 is 5.32 Å². The van der Waals surface area contributed by atoms with Gasteiger partial charge < -0.3 is 5.32 Å². The van der Waals surface area contributed by atoms with E-state index < -0.39 is 10.0 Å². The minimum atomic E-state index is -3.49. The Bertz CT molecular complexity index is 866. The van der Waals surface area contributed by atoms with Crippen molar-refractivity contribution >= 4 is 15.9 Å². The van der Waals surface area contributed by atoms with Crippen LogP contribution in [0.2, 0.25) is 0 Å². The molecular formula is C20H24N2O3S. The number of hydrogen-bond donors (Lipinski definition) is 1. The van der Waals surface area contributed by atoms with Gasteiger partial charge in [-0.05, 0) is 36.0 Å². The van der Waals surface area contributed by atoms with Crippen molar-refractivity contribution in [1.29, 1.82) is 0 Å². The first-order valence-electron chi connectivity index (χ1n) is 8.80. The summed E-state index contributed by atoms with van der Waals surface area (Å²) in [4.78, 5) is 12.6. The van der Waals surface area contributed by atoms with Crippen LogP contribution in [-0.2, 0) is 27.8 Å². The van der Waals surface area contributed by atoms with Gasteiger partial charge in [0.25, 0.3) is 0 Å². The molecule has 5 nitrogen and oxygen atoms in total. The summed E-state index contributed by atoms with van der Waals surface area (Å²) in [5.74, 6) is -0.270. The van der Waals surface area contributed by atoms with E-state index in [1.807, 2.05) is 48.5 Å². The van der Waals surface area contributed by atoms with Crippen molar-refractivity contribution in [2.75, 3.05) is 12.8 Å². The molecule has 0 saturated carbocycles. The Balaban J connectivity index is 1.69. The molecule has 6 heteroatoms. The lowest BCUT2D eigenvalue weighted by molar-refractivity contribution is -0.122. The van der Waals surface area contributed by atoms with Gasteiger partial charge in [-0.1, -0.05) is 54.6 Å². The number of amides is 1. The van der Waals surface area contributed by atoms with E-state index in [0.717, 1.165) is 36.6 Å². The largest absolute Gasteiger partial charge is 0.348 e. The lowest BCUT2D eigenvalue weighted by Gasteiger charge is -2.27. The molecule has 0 fully saturated rings. The van der Waals surface area contributed by atoms with Crippen molar-refractivity contribution in [2.24, 2.45) is 0 Å². The molecule has 1 N–H and O–H groups in total. The van der Waals surface area contributed by atoms with Crippen molar-refractivity contribution in [1.82, 2.24) is 9.62 Å². The second kappa shape index (κ2) is 8.01. The molecule has 0 spiro atoms. The predicted molar refractivity (Wildman–Crippen MR) is 102 cm³/mol. The molecule has 1 atom stereocenters. The van der Waals surface area contributed by atoms with Crippen LogP contribution in [-0.4, -0.2) is 31.4 Å². The standard InChI is InChI=1S/C20H24N2O3S/c1-26(24,25)22(14-16-8-3-2-4-9-16)15-20(23)21-19-13-7-11-17-10-5-6-12-18(17)19/h2-6,8-10,12,19H,7,11,13-15H2,1H3,(H,21,23)/t19-/m1/s1. The number of rotatable bonds is 6. The van der Waals surface area contributed by atoms with Gasteiger partial charge in [-0.3, -0.25) is 4.79 Å². The molecule has 1 aliphatic carbocycles. The van der Waals surface area contributed by atoms with E-state index in [1.165, 1.54) is 9.87 Å². The topological polar surface area (TPSA) is 66.5 Å². The van der Waals surface area contributed by atoms with Gasteiger partial charge in [-0.25, -0.2) is 8.42 Å². The van der Waals surface area contributed by atoms with Gasteiger partial charge >= 0.3 is 0 Å². The highest BCUT2D eigenvalue weighted by atomic mass is 32.2. The normalized spacial score (nSPS) is 16.9. The minimum Gasteiger partial charge on any atom is -0.348 e. The summed E-state index contributed by atoms with van der Waals surface area (Å²) < 4.78 is 25.4. The highest BCUT2D eigenvalue weighted by Crippen LogP contribution is 2.29. The number of carbonyl (C=O) groups is 1. The van der Waals surface area contributed by atoms with Crippen LogP contribution in [0, 0.1) is 0 Å². The Labute approximate surface area is 155 Å². The Kier molecular flexibility index (Phi) is 5.74. The van der Waals surface area contributed by atoms with Crippen molar-refractivity contribution in [3.63, 3.8) is 0 Å². The van der Waals surface area contributed by atoms with Gasteiger partial charge in [0.15, 0.2) is 0 Å². The molecule has 0 bridgehead atoms. The number of nitrogens with zero attached hydrogens (tertiary/aromatic N) is 1. The molecule has 26 heavy (non-hydrogen) atoms. The molecule has 0 unspecified atom stereocenters. The highest BCUT2D eigenvalue weighted by molar-refractivity contribution is 7.88. The second-order valence-corrected chi connectivity index (χ2v) is 8.71. The van der Waals surface area contributed by atoms with E-state index >= 15 is 0 Å². The Morgan fingerprint density at radius 3 is 2.54 bits per heavy atom. The lowest BCUT2D eigenvalue weighted by Crippen LogP contribution is -2.41. The summed E-state index contributed by atoms with van der Waals surface area (Å²) >= 11 is 0. The number of carbonyl (C=O) groups excluding carboxylic acids is 1. The fourth-order valence-electron chi connectivity index (χ4n) is 3.38. The average molecular weight is 372 g/mol. The van der Waals surface area contributed by atoms with Crippen LogP contribution in [0.4, 0.5) is 0 Å². The van der Waals surface area contributed by atoms with E-state index in [-0.39, 0.29) is 25.0 Å². The maximum Gasteiger partial charge on any atom is 0.235 e. The fourth-order valence-corrected chi connectivity index (χ4v) is 4.12. The Morgan fingerprint density at radius 2 is 1.81 bits per heavy atom. The monoisotopic (exact) mass is 372 g/mol. The Morgan fingerprint density at radius 1 is 1.12 bits per heavy atom. The molecule has 0 aliphatic heterocycles. The maximum atomic E-state index is 12.6. The van der Waals surface area contributed by atoms with Gasteiger partial charge in [-0.2, -0.15) is 4.31 Å². The molecule has 0 radical (unpaired) electrons. The third-order valence-electron chi connectivity index (χ3n) is 4.70. The molecule has 2 aromatic carbocycles. The first kappa shape index (κ1) is 18.6. The van der Waals surface area contributed by atoms with Gasteiger partial charge in [-0.15, -0.1) is 0 Å². The van der Waals surface area contributed by atoms with Gasteiger partial charge in [0.1, 0.15) is 0 Å². The molecule has 0 heterocycles. The molecule has 0 aromatic heterocycles. The number of aryl methyl sites for hydroxylation is 1. The van der Waals surface area contributed by atoms with E-state index in [4.69, 9.17) is 0 Å². The fraction of sp³-hybridized carbons (Fsp3) is 0.350. The maximum absolute atomic E-state index is 12.6. The van der Waals surface area contributed by atoms with E-state index in [1.54, 1.807) is 0 Å². The number of fused-ring (bicyclic) bond motifs is 1. The molecule has 1 amide bonds.